The molecular weight excluding hydrogens is 268 g/mol. The number of rotatable bonds is 1. The van der Waals surface area contributed by atoms with Crippen LogP contribution >= 0.6 is 0 Å². The quantitative estimate of drug-likeness (QED) is 0.727. The highest BCUT2D eigenvalue weighted by molar-refractivity contribution is 5.81. The summed E-state index contributed by atoms with van der Waals surface area (Å²) in [5.74, 6) is 1.18. The molecular formula is C15H26N4O2. The van der Waals surface area contributed by atoms with E-state index in [-0.39, 0.29) is 29.9 Å². The predicted octanol–water partition coefficient (Wildman–Crippen LogP) is 0.232. The molecule has 3 N–H and O–H groups in total. The lowest BCUT2D eigenvalue weighted by atomic mass is 9.72. The first-order chi connectivity index (χ1) is 9.97. The molecule has 2 heterocycles. The highest BCUT2D eigenvalue weighted by Gasteiger charge is 2.41. The maximum absolute atomic E-state index is 12.8. The summed E-state index contributed by atoms with van der Waals surface area (Å²) >= 11 is 0. The molecule has 0 aromatic carbocycles. The van der Waals surface area contributed by atoms with Crippen LogP contribution in [-0.2, 0) is 4.79 Å². The number of carbonyl (C=O) groups excluding carboxylic acids is 2. The fraction of sp³-hybridized carbons (Fsp3) is 0.867. The van der Waals surface area contributed by atoms with E-state index in [1.54, 1.807) is 0 Å². The van der Waals surface area contributed by atoms with Crippen molar-refractivity contribution in [3.63, 3.8) is 0 Å². The molecule has 0 bridgehead atoms. The summed E-state index contributed by atoms with van der Waals surface area (Å²) < 4.78 is 0. The zero-order valence-electron chi connectivity index (χ0n) is 12.9. The minimum absolute atomic E-state index is 0.00832. The van der Waals surface area contributed by atoms with Gasteiger partial charge in [-0.2, -0.15) is 0 Å². The standard InChI is InChI=1S/C15H26N4O2/c1-9-5-10(2)13(16)6-12(9)14(20)18-3-4-19-11(8-18)7-17-15(19)21/h9-13H,3-8,16H2,1-2H3,(H,17,21). The second-order valence-corrected chi connectivity index (χ2v) is 7.01. The molecule has 5 unspecified atom stereocenters. The summed E-state index contributed by atoms with van der Waals surface area (Å²) in [6.45, 7) is 6.95. The van der Waals surface area contributed by atoms with Gasteiger partial charge in [-0.3, -0.25) is 4.79 Å². The van der Waals surface area contributed by atoms with Gasteiger partial charge in [0.25, 0.3) is 0 Å². The van der Waals surface area contributed by atoms with E-state index in [9.17, 15) is 9.59 Å². The number of amides is 3. The van der Waals surface area contributed by atoms with Crippen LogP contribution in [0.4, 0.5) is 4.79 Å². The van der Waals surface area contributed by atoms with Crippen LogP contribution in [0.15, 0.2) is 0 Å². The first-order valence-corrected chi connectivity index (χ1v) is 8.06. The third kappa shape index (κ3) is 2.61. The predicted molar refractivity (Wildman–Crippen MR) is 79.5 cm³/mol. The summed E-state index contributed by atoms with van der Waals surface area (Å²) in [5.41, 5.74) is 6.17. The third-order valence-electron chi connectivity index (χ3n) is 5.55. The van der Waals surface area contributed by atoms with E-state index < -0.39 is 0 Å². The Morgan fingerprint density at radius 2 is 2.00 bits per heavy atom. The van der Waals surface area contributed by atoms with E-state index in [1.165, 1.54) is 0 Å². The zero-order valence-corrected chi connectivity index (χ0v) is 12.9. The Kier molecular flexibility index (Phi) is 3.82. The number of hydrogen-bond donors (Lipinski definition) is 2. The maximum atomic E-state index is 12.8. The van der Waals surface area contributed by atoms with Crippen molar-refractivity contribution in [3.8, 4) is 0 Å². The van der Waals surface area contributed by atoms with Crippen LogP contribution < -0.4 is 11.1 Å². The molecule has 0 radical (unpaired) electrons. The van der Waals surface area contributed by atoms with Crippen LogP contribution in [0.25, 0.3) is 0 Å². The number of carbonyl (C=O) groups is 2. The summed E-state index contributed by atoms with van der Waals surface area (Å²) in [4.78, 5) is 28.2. The van der Waals surface area contributed by atoms with Gasteiger partial charge < -0.3 is 20.9 Å². The molecule has 2 saturated heterocycles. The van der Waals surface area contributed by atoms with E-state index in [0.29, 0.717) is 38.0 Å². The number of nitrogens with two attached hydrogens (primary N) is 1. The topological polar surface area (TPSA) is 78.7 Å². The van der Waals surface area contributed by atoms with Gasteiger partial charge in [0.2, 0.25) is 5.91 Å². The smallest absolute Gasteiger partial charge is 0.317 e. The monoisotopic (exact) mass is 294 g/mol. The van der Waals surface area contributed by atoms with Crippen LogP contribution in [0.5, 0.6) is 0 Å². The van der Waals surface area contributed by atoms with Crippen molar-refractivity contribution in [2.24, 2.45) is 23.5 Å². The fourth-order valence-electron chi connectivity index (χ4n) is 4.07. The first-order valence-electron chi connectivity index (χ1n) is 8.06. The van der Waals surface area contributed by atoms with Gasteiger partial charge in [-0.25, -0.2) is 4.79 Å². The highest BCUT2D eigenvalue weighted by Crippen LogP contribution is 2.34. The fourth-order valence-corrected chi connectivity index (χ4v) is 4.07. The number of nitrogens with zero attached hydrogens (tertiary/aromatic N) is 2. The molecule has 1 aliphatic carbocycles. The van der Waals surface area contributed by atoms with Gasteiger partial charge >= 0.3 is 6.03 Å². The van der Waals surface area contributed by atoms with Gasteiger partial charge in [0.1, 0.15) is 0 Å². The molecule has 118 valence electrons. The maximum Gasteiger partial charge on any atom is 0.317 e. The number of urea groups is 1. The lowest BCUT2D eigenvalue weighted by Gasteiger charge is -2.42. The summed E-state index contributed by atoms with van der Waals surface area (Å²) in [6, 6.07) is 0.279. The molecule has 0 aromatic rings. The molecule has 2 aliphatic heterocycles. The molecule has 3 rings (SSSR count). The normalized spacial score (nSPS) is 40.0. The lowest BCUT2D eigenvalue weighted by Crippen LogP contribution is -2.56. The minimum atomic E-state index is 0.00832. The van der Waals surface area contributed by atoms with Crippen LogP contribution in [0.3, 0.4) is 0 Å². The molecule has 0 spiro atoms. The molecule has 21 heavy (non-hydrogen) atoms. The molecule has 1 saturated carbocycles. The number of nitrogens with one attached hydrogen (secondary N) is 1. The van der Waals surface area contributed by atoms with E-state index in [0.717, 1.165) is 12.8 Å². The van der Waals surface area contributed by atoms with Crippen LogP contribution in [0, 0.1) is 17.8 Å². The van der Waals surface area contributed by atoms with Crippen LogP contribution in [0.2, 0.25) is 0 Å². The van der Waals surface area contributed by atoms with Gasteiger partial charge in [0, 0.05) is 38.1 Å². The van der Waals surface area contributed by atoms with Crippen LogP contribution in [0.1, 0.15) is 26.7 Å². The molecule has 3 fully saturated rings. The van der Waals surface area contributed by atoms with Crippen LogP contribution in [-0.4, -0.2) is 60.0 Å². The summed E-state index contributed by atoms with van der Waals surface area (Å²) in [6.07, 6.45) is 1.82. The van der Waals surface area contributed by atoms with Crippen molar-refractivity contribution in [2.75, 3.05) is 26.2 Å². The SMILES string of the molecule is CC1CC(C)C(C(=O)N2CCN3C(=O)NCC3C2)CC1N. The van der Waals surface area contributed by atoms with E-state index in [2.05, 4.69) is 19.2 Å². The van der Waals surface area contributed by atoms with E-state index in [4.69, 9.17) is 5.73 Å². The van der Waals surface area contributed by atoms with Gasteiger partial charge in [0.05, 0.1) is 6.04 Å². The number of piperazine rings is 1. The molecule has 3 aliphatic rings. The Balaban J connectivity index is 1.64. The van der Waals surface area contributed by atoms with Crippen molar-refractivity contribution in [2.45, 2.75) is 38.8 Å². The van der Waals surface area contributed by atoms with E-state index >= 15 is 0 Å². The van der Waals surface area contributed by atoms with Crippen molar-refractivity contribution in [1.29, 1.82) is 0 Å². The van der Waals surface area contributed by atoms with Crippen molar-refractivity contribution in [3.05, 3.63) is 0 Å². The van der Waals surface area contributed by atoms with Crippen molar-refractivity contribution < 1.29 is 9.59 Å². The Labute approximate surface area is 126 Å². The van der Waals surface area contributed by atoms with Crippen molar-refractivity contribution in [1.82, 2.24) is 15.1 Å². The first kappa shape index (κ1) is 14.6. The average Bonchev–Trinajstić information content (AvgIpc) is 2.83. The lowest BCUT2D eigenvalue weighted by molar-refractivity contribution is -0.141. The number of hydrogen-bond acceptors (Lipinski definition) is 3. The average molecular weight is 294 g/mol. The Morgan fingerprint density at radius 3 is 2.76 bits per heavy atom. The Hall–Kier alpha value is -1.30. The zero-order chi connectivity index (χ0) is 15.1. The molecule has 5 atom stereocenters. The Morgan fingerprint density at radius 1 is 1.24 bits per heavy atom. The molecule has 6 heteroatoms. The number of fused-ring (bicyclic) bond motifs is 1. The summed E-state index contributed by atoms with van der Waals surface area (Å²) in [7, 11) is 0. The third-order valence-corrected chi connectivity index (χ3v) is 5.55. The molecule has 0 aromatic heterocycles. The highest BCUT2D eigenvalue weighted by atomic mass is 16.2. The second kappa shape index (κ2) is 5.48. The minimum Gasteiger partial charge on any atom is -0.339 e. The van der Waals surface area contributed by atoms with Gasteiger partial charge in [-0.15, -0.1) is 0 Å². The molecule has 6 nitrogen and oxygen atoms in total. The Bertz CT molecular complexity index is 441. The van der Waals surface area contributed by atoms with E-state index in [1.807, 2.05) is 9.80 Å². The van der Waals surface area contributed by atoms with Gasteiger partial charge in [-0.05, 0) is 24.7 Å². The van der Waals surface area contributed by atoms with Crippen molar-refractivity contribution >= 4 is 11.9 Å². The summed E-state index contributed by atoms with van der Waals surface area (Å²) in [5, 5.41) is 2.85. The van der Waals surface area contributed by atoms with Gasteiger partial charge in [0.15, 0.2) is 0 Å². The molecule has 3 amide bonds. The van der Waals surface area contributed by atoms with Gasteiger partial charge in [-0.1, -0.05) is 13.8 Å². The second-order valence-electron chi connectivity index (χ2n) is 7.01. The largest absolute Gasteiger partial charge is 0.339 e.